The molecular weight excluding hydrogens is 430 g/mol. The van der Waals surface area contributed by atoms with Gasteiger partial charge in [-0.25, -0.2) is 5.43 Å². The number of rotatable bonds is 5. The third-order valence-corrected chi connectivity index (χ3v) is 8.46. The molecule has 2 saturated carbocycles. The minimum absolute atomic E-state index is 0.0393. The molecule has 2 amide bonds. The maximum Gasteiger partial charge on any atom is 0.250 e. The Morgan fingerprint density at radius 2 is 1.88 bits per heavy atom. The van der Waals surface area contributed by atoms with Crippen LogP contribution in [0.15, 0.2) is 30.3 Å². The van der Waals surface area contributed by atoms with Crippen molar-refractivity contribution in [1.82, 2.24) is 26.4 Å². The molecule has 8 nitrogen and oxygen atoms in total. The monoisotopic (exact) mass is 469 g/mol. The lowest BCUT2D eigenvalue weighted by Gasteiger charge is -2.42. The van der Waals surface area contributed by atoms with E-state index in [1.165, 1.54) is 12.0 Å². The lowest BCUT2D eigenvalue weighted by Crippen LogP contribution is -2.56. The molecular formula is C26H39N5O3. The molecule has 7 unspecified atom stereocenters. The second-order valence-electron chi connectivity index (χ2n) is 10.5. The highest BCUT2D eigenvalue weighted by Gasteiger charge is 2.45. The second kappa shape index (κ2) is 10.7. The van der Waals surface area contributed by atoms with Gasteiger partial charge in [0.05, 0.1) is 6.61 Å². The summed E-state index contributed by atoms with van der Waals surface area (Å²) in [6.07, 6.45) is 7.02. The zero-order valence-corrected chi connectivity index (χ0v) is 20.2. The van der Waals surface area contributed by atoms with Crippen molar-refractivity contribution in [3.05, 3.63) is 35.9 Å². The van der Waals surface area contributed by atoms with Crippen molar-refractivity contribution in [2.45, 2.75) is 81.1 Å². The SMILES string of the molecule is CNC(=O)C1NNC2CC(N3CCOC(C(=O)NC4CCCC(c5ccccc5)C4)C3)CCC21. The Bertz CT molecular complexity index is 852. The molecule has 2 aliphatic carbocycles. The molecule has 1 aromatic rings. The first-order valence-electron chi connectivity index (χ1n) is 13.1. The minimum atomic E-state index is -0.406. The van der Waals surface area contributed by atoms with E-state index >= 15 is 0 Å². The summed E-state index contributed by atoms with van der Waals surface area (Å²) in [5, 5.41) is 6.08. The molecule has 0 bridgehead atoms. The van der Waals surface area contributed by atoms with E-state index in [0.29, 0.717) is 31.0 Å². The van der Waals surface area contributed by atoms with E-state index in [-0.39, 0.29) is 29.9 Å². The van der Waals surface area contributed by atoms with Gasteiger partial charge in [-0.3, -0.25) is 19.9 Å². The van der Waals surface area contributed by atoms with Crippen LogP contribution in [0.1, 0.15) is 56.4 Å². The molecule has 0 spiro atoms. The number of morpholine rings is 1. The van der Waals surface area contributed by atoms with Gasteiger partial charge in [0.2, 0.25) is 5.91 Å². The van der Waals surface area contributed by atoms with Crippen LogP contribution in [0, 0.1) is 5.92 Å². The average molecular weight is 470 g/mol. The summed E-state index contributed by atoms with van der Waals surface area (Å²) in [5.41, 5.74) is 7.92. The van der Waals surface area contributed by atoms with Crippen LogP contribution in [0.25, 0.3) is 0 Å². The van der Waals surface area contributed by atoms with Crippen LogP contribution in [0.2, 0.25) is 0 Å². The average Bonchev–Trinajstić information content (AvgIpc) is 3.32. The van der Waals surface area contributed by atoms with Gasteiger partial charge in [-0.15, -0.1) is 0 Å². The Labute approximate surface area is 202 Å². The number of ether oxygens (including phenoxy) is 1. The van der Waals surface area contributed by atoms with Gasteiger partial charge in [0.1, 0.15) is 12.1 Å². The molecule has 4 fully saturated rings. The number of carbonyl (C=O) groups excluding carboxylic acids is 2. The summed E-state index contributed by atoms with van der Waals surface area (Å²) in [6.45, 7) is 2.10. The smallest absolute Gasteiger partial charge is 0.250 e. The van der Waals surface area contributed by atoms with Crippen LogP contribution in [-0.4, -0.2) is 73.7 Å². The van der Waals surface area contributed by atoms with Crippen LogP contribution in [-0.2, 0) is 14.3 Å². The summed E-state index contributed by atoms with van der Waals surface area (Å²) < 4.78 is 5.93. The van der Waals surface area contributed by atoms with Gasteiger partial charge in [0.25, 0.3) is 5.91 Å². The van der Waals surface area contributed by atoms with Crippen molar-refractivity contribution in [1.29, 1.82) is 0 Å². The normalized spacial score (nSPS) is 36.4. The zero-order chi connectivity index (χ0) is 23.5. The van der Waals surface area contributed by atoms with E-state index in [1.807, 2.05) is 0 Å². The number of amides is 2. The van der Waals surface area contributed by atoms with Crippen LogP contribution in [0.5, 0.6) is 0 Å². The van der Waals surface area contributed by atoms with Crippen molar-refractivity contribution >= 4 is 11.8 Å². The summed E-state index contributed by atoms with van der Waals surface area (Å²) in [5.74, 6) is 0.932. The Hall–Kier alpha value is -2.00. The first-order valence-corrected chi connectivity index (χ1v) is 13.1. The minimum Gasteiger partial charge on any atom is -0.366 e. The summed E-state index contributed by atoms with van der Waals surface area (Å²) in [4.78, 5) is 27.7. The molecule has 4 aliphatic rings. The topological polar surface area (TPSA) is 94.7 Å². The van der Waals surface area contributed by atoms with Gasteiger partial charge >= 0.3 is 0 Å². The fraction of sp³-hybridized carbons (Fsp3) is 0.692. The summed E-state index contributed by atoms with van der Waals surface area (Å²) >= 11 is 0. The van der Waals surface area contributed by atoms with Crippen LogP contribution < -0.4 is 21.5 Å². The molecule has 8 heteroatoms. The van der Waals surface area contributed by atoms with Crippen molar-refractivity contribution in [2.75, 3.05) is 26.7 Å². The largest absolute Gasteiger partial charge is 0.366 e. The number of benzene rings is 1. The molecule has 7 atom stereocenters. The van der Waals surface area contributed by atoms with Crippen LogP contribution >= 0.6 is 0 Å². The molecule has 5 rings (SSSR count). The second-order valence-corrected chi connectivity index (χ2v) is 10.5. The van der Waals surface area contributed by atoms with Gasteiger partial charge in [-0.1, -0.05) is 36.8 Å². The van der Waals surface area contributed by atoms with Gasteiger partial charge in [0.15, 0.2) is 0 Å². The number of nitrogens with zero attached hydrogens (tertiary/aromatic N) is 1. The highest BCUT2D eigenvalue weighted by molar-refractivity contribution is 5.82. The van der Waals surface area contributed by atoms with Crippen LogP contribution in [0.4, 0.5) is 0 Å². The standard InChI is InChI=1S/C26H39N5O3/c1-27-26(33)24-21-11-10-20(15-22(21)29-30-24)31-12-13-34-23(16-31)25(32)28-19-9-5-8-18(14-19)17-6-3-2-4-7-17/h2-4,6-7,18-24,29-30H,5,8-16H2,1H3,(H,27,33)(H,28,32). The van der Waals surface area contributed by atoms with E-state index in [0.717, 1.165) is 45.1 Å². The quantitative estimate of drug-likeness (QED) is 0.519. The molecule has 2 heterocycles. The third-order valence-electron chi connectivity index (χ3n) is 8.46. The van der Waals surface area contributed by atoms with E-state index < -0.39 is 6.10 Å². The van der Waals surface area contributed by atoms with Crippen molar-refractivity contribution in [2.24, 2.45) is 5.92 Å². The molecule has 186 valence electrons. The molecule has 0 aromatic heterocycles. The molecule has 0 radical (unpaired) electrons. The van der Waals surface area contributed by atoms with Crippen LogP contribution in [0.3, 0.4) is 0 Å². The lowest BCUT2D eigenvalue weighted by atomic mass is 9.78. The third kappa shape index (κ3) is 5.15. The molecule has 2 aliphatic heterocycles. The van der Waals surface area contributed by atoms with Crippen molar-refractivity contribution in [3.63, 3.8) is 0 Å². The molecule has 1 aromatic carbocycles. The van der Waals surface area contributed by atoms with Gasteiger partial charge < -0.3 is 15.4 Å². The van der Waals surface area contributed by atoms with E-state index in [9.17, 15) is 9.59 Å². The number of carbonyl (C=O) groups is 2. The molecule has 34 heavy (non-hydrogen) atoms. The first-order chi connectivity index (χ1) is 16.6. The first kappa shape index (κ1) is 23.7. The van der Waals surface area contributed by atoms with E-state index in [2.05, 4.69) is 56.7 Å². The Morgan fingerprint density at radius 1 is 1.03 bits per heavy atom. The zero-order valence-electron chi connectivity index (χ0n) is 20.2. The van der Waals surface area contributed by atoms with E-state index in [4.69, 9.17) is 4.74 Å². The molecule has 2 saturated heterocycles. The van der Waals surface area contributed by atoms with Gasteiger partial charge in [-0.2, -0.15) is 0 Å². The number of hydrogen-bond acceptors (Lipinski definition) is 6. The van der Waals surface area contributed by atoms with E-state index in [1.54, 1.807) is 7.05 Å². The predicted octanol–water partition coefficient (Wildman–Crippen LogP) is 1.29. The number of nitrogens with one attached hydrogen (secondary N) is 4. The van der Waals surface area contributed by atoms with Crippen molar-refractivity contribution in [3.8, 4) is 0 Å². The maximum absolute atomic E-state index is 13.1. The maximum atomic E-state index is 13.1. The number of hydrazine groups is 1. The Kier molecular flexibility index (Phi) is 7.49. The fourth-order valence-electron chi connectivity index (χ4n) is 6.59. The number of fused-ring (bicyclic) bond motifs is 1. The summed E-state index contributed by atoms with van der Waals surface area (Å²) in [6, 6.07) is 11.4. The number of likely N-dealkylation sites (N-methyl/N-ethyl adjacent to an activating group) is 1. The highest BCUT2D eigenvalue weighted by atomic mass is 16.5. The Morgan fingerprint density at radius 3 is 2.71 bits per heavy atom. The Balaban J connectivity index is 1.13. The predicted molar refractivity (Wildman–Crippen MR) is 130 cm³/mol. The van der Waals surface area contributed by atoms with Gasteiger partial charge in [-0.05, 0) is 50.0 Å². The number of hydrogen-bond donors (Lipinski definition) is 4. The highest BCUT2D eigenvalue weighted by Crippen LogP contribution is 2.34. The van der Waals surface area contributed by atoms with Gasteiger partial charge in [0, 0.05) is 44.2 Å². The summed E-state index contributed by atoms with van der Waals surface area (Å²) in [7, 11) is 1.69. The lowest BCUT2D eigenvalue weighted by molar-refractivity contribution is -0.141. The fourth-order valence-corrected chi connectivity index (χ4v) is 6.59. The van der Waals surface area contributed by atoms with Crippen molar-refractivity contribution < 1.29 is 14.3 Å². The molecule has 4 N–H and O–H groups in total.